The van der Waals surface area contributed by atoms with Gasteiger partial charge >= 0.3 is 0 Å². The summed E-state index contributed by atoms with van der Waals surface area (Å²) >= 11 is 0. The average molecular weight is 367 g/mol. The molecule has 1 amide bonds. The number of amides is 1. The SMILES string of the molecule is Cc1ccc(N2CCC(C(=O)NCc3ccc(OC(C)C)cc3)CC2)cc1. The van der Waals surface area contributed by atoms with E-state index in [9.17, 15) is 4.79 Å². The number of carbonyl (C=O) groups is 1. The Morgan fingerprint density at radius 2 is 1.70 bits per heavy atom. The van der Waals surface area contributed by atoms with Crippen LogP contribution in [0.2, 0.25) is 0 Å². The van der Waals surface area contributed by atoms with Crippen LogP contribution in [-0.2, 0) is 11.3 Å². The van der Waals surface area contributed by atoms with Crippen LogP contribution >= 0.6 is 0 Å². The number of hydrogen-bond donors (Lipinski definition) is 1. The quantitative estimate of drug-likeness (QED) is 0.828. The van der Waals surface area contributed by atoms with E-state index in [1.807, 2.05) is 38.1 Å². The Kier molecular flexibility index (Phi) is 6.38. The fraction of sp³-hybridized carbons (Fsp3) is 0.435. The molecule has 1 saturated heterocycles. The molecule has 0 saturated carbocycles. The van der Waals surface area contributed by atoms with Crippen molar-refractivity contribution in [3.05, 3.63) is 59.7 Å². The van der Waals surface area contributed by atoms with Gasteiger partial charge in [-0.3, -0.25) is 4.79 Å². The van der Waals surface area contributed by atoms with Crippen molar-refractivity contribution in [1.82, 2.24) is 5.32 Å². The minimum Gasteiger partial charge on any atom is -0.491 e. The molecule has 1 heterocycles. The Bertz CT molecular complexity index is 730. The summed E-state index contributed by atoms with van der Waals surface area (Å²) in [7, 11) is 0. The number of nitrogens with one attached hydrogen (secondary N) is 1. The molecule has 0 spiro atoms. The second kappa shape index (κ2) is 8.94. The summed E-state index contributed by atoms with van der Waals surface area (Å²) in [6.07, 6.45) is 1.98. The monoisotopic (exact) mass is 366 g/mol. The number of piperidine rings is 1. The highest BCUT2D eigenvalue weighted by atomic mass is 16.5. The van der Waals surface area contributed by atoms with E-state index in [-0.39, 0.29) is 17.9 Å². The Morgan fingerprint density at radius 3 is 2.30 bits per heavy atom. The zero-order chi connectivity index (χ0) is 19.2. The molecule has 0 atom stereocenters. The summed E-state index contributed by atoms with van der Waals surface area (Å²) in [5.41, 5.74) is 3.62. The Hall–Kier alpha value is -2.49. The first-order chi connectivity index (χ1) is 13.0. The van der Waals surface area contributed by atoms with E-state index < -0.39 is 0 Å². The summed E-state index contributed by atoms with van der Waals surface area (Å²) in [6, 6.07) is 16.6. The molecule has 1 aliphatic heterocycles. The van der Waals surface area contributed by atoms with Gasteiger partial charge in [-0.2, -0.15) is 0 Å². The molecule has 3 rings (SSSR count). The lowest BCUT2D eigenvalue weighted by molar-refractivity contribution is -0.125. The van der Waals surface area contributed by atoms with Gasteiger partial charge in [0, 0.05) is 31.2 Å². The van der Waals surface area contributed by atoms with Crippen molar-refractivity contribution in [2.75, 3.05) is 18.0 Å². The fourth-order valence-electron chi connectivity index (χ4n) is 3.45. The number of ether oxygens (including phenoxy) is 1. The van der Waals surface area contributed by atoms with Crippen molar-refractivity contribution in [2.24, 2.45) is 5.92 Å². The lowest BCUT2D eigenvalue weighted by atomic mass is 9.95. The first kappa shape index (κ1) is 19.3. The molecule has 2 aromatic carbocycles. The number of anilines is 1. The zero-order valence-electron chi connectivity index (χ0n) is 16.6. The van der Waals surface area contributed by atoms with Gasteiger partial charge in [0.2, 0.25) is 5.91 Å². The summed E-state index contributed by atoms with van der Waals surface area (Å²) in [4.78, 5) is 14.9. The summed E-state index contributed by atoms with van der Waals surface area (Å²) < 4.78 is 5.65. The van der Waals surface area contributed by atoms with Gasteiger partial charge in [-0.1, -0.05) is 29.8 Å². The fourth-order valence-corrected chi connectivity index (χ4v) is 3.45. The molecule has 0 bridgehead atoms. The first-order valence-electron chi connectivity index (χ1n) is 9.86. The van der Waals surface area contributed by atoms with Crippen molar-refractivity contribution in [1.29, 1.82) is 0 Å². The van der Waals surface area contributed by atoms with Crippen LogP contribution in [0.4, 0.5) is 5.69 Å². The molecule has 2 aromatic rings. The molecule has 0 aliphatic carbocycles. The van der Waals surface area contributed by atoms with E-state index in [0.29, 0.717) is 6.54 Å². The van der Waals surface area contributed by atoms with Gasteiger partial charge < -0.3 is 15.0 Å². The Morgan fingerprint density at radius 1 is 1.07 bits per heavy atom. The summed E-state index contributed by atoms with van der Waals surface area (Å²) in [6.45, 7) is 8.56. The zero-order valence-corrected chi connectivity index (χ0v) is 16.6. The Labute approximate surface area is 162 Å². The lowest BCUT2D eigenvalue weighted by Crippen LogP contribution is -2.40. The van der Waals surface area contributed by atoms with Gasteiger partial charge in [0.1, 0.15) is 5.75 Å². The van der Waals surface area contributed by atoms with Crippen molar-refractivity contribution in [3.63, 3.8) is 0 Å². The van der Waals surface area contributed by atoms with Gasteiger partial charge in [0.05, 0.1) is 6.10 Å². The molecule has 4 nitrogen and oxygen atoms in total. The molecule has 1 aliphatic rings. The van der Waals surface area contributed by atoms with E-state index in [1.54, 1.807) is 0 Å². The highest BCUT2D eigenvalue weighted by Crippen LogP contribution is 2.24. The largest absolute Gasteiger partial charge is 0.491 e. The normalized spacial score (nSPS) is 15.0. The molecule has 144 valence electrons. The van der Waals surface area contributed by atoms with Gasteiger partial charge in [-0.25, -0.2) is 0 Å². The number of benzene rings is 2. The smallest absolute Gasteiger partial charge is 0.223 e. The maximum absolute atomic E-state index is 12.5. The molecular weight excluding hydrogens is 336 g/mol. The van der Waals surface area contributed by atoms with Crippen LogP contribution in [0, 0.1) is 12.8 Å². The number of rotatable bonds is 6. The minimum atomic E-state index is 0.107. The van der Waals surface area contributed by atoms with E-state index in [1.165, 1.54) is 11.3 Å². The predicted octanol–water partition coefficient (Wildman–Crippen LogP) is 4.32. The van der Waals surface area contributed by atoms with Crippen LogP contribution in [0.1, 0.15) is 37.8 Å². The second-order valence-corrected chi connectivity index (χ2v) is 7.63. The van der Waals surface area contributed by atoms with E-state index in [0.717, 1.165) is 37.2 Å². The van der Waals surface area contributed by atoms with E-state index >= 15 is 0 Å². The molecule has 4 heteroatoms. The minimum absolute atomic E-state index is 0.107. The maximum Gasteiger partial charge on any atom is 0.223 e. The Balaban J connectivity index is 1.45. The van der Waals surface area contributed by atoms with Crippen LogP contribution in [0.25, 0.3) is 0 Å². The van der Waals surface area contributed by atoms with Gasteiger partial charge in [-0.15, -0.1) is 0 Å². The number of nitrogens with zero attached hydrogens (tertiary/aromatic N) is 1. The lowest BCUT2D eigenvalue weighted by Gasteiger charge is -2.33. The topological polar surface area (TPSA) is 41.6 Å². The van der Waals surface area contributed by atoms with E-state index in [2.05, 4.69) is 41.4 Å². The maximum atomic E-state index is 12.5. The van der Waals surface area contributed by atoms with Gasteiger partial charge in [0.25, 0.3) is 0 Å². The van der Waals surface area contributed by atoms with Crippen molar-refractivity contribution in [3.8, 4) is 5.75 Å². The predicted molar refractivity (Wildman–Crippen MR) is 110 cm³/mol. The van der Waals surface area contributed by atoms with Crippen molar-refractivity contribution < 1.29 is 9.53 Å². The van der Waals surface area contributed by atoms with Crippen LogP contribution < -0.4 is 15.0 Å². The highest BCUT2D eigenvalue weighted by Gasteiger charge is 2.24. The van der Waals surface area contributed by atoms with Crippen LogP contribution in [0.3, 0.4) is 0 Å². The molecule has 1 fully saturated rings. The van der Waals surface area contributed by atoms with Crippen molar-refractivity contribution in [2.45, 2.75) is 46.3 Å². The third kappa shape index (κ3) is 5.49. The number of carbonyl (C=O) groups excluding carboxylic acids is 1. The third-order valence-electron chi connectivity index (χ3n) is 5.03. The van der Waals surface area contributed by atoms with Gasteiger partial charge in [0.15, 0.2) is 0 Å². The number of hydrogen-bond acceptors (Lipinski definition) is 3. The van der Waals surface area contributed by atoms with Crippen LogP contribution in [0.15, 0.2) is 48.5 Å². The molecule has 0 aromatic heterocycles. The first-order valence-corrected chi connectivity index (χ1v) is 9.86. The average Bonchev–Trinajstić information content (AvgIpc) is 2.67. The highest BCUT2D eigenvalue weighted by molar-refractivity contribution is 5.79. The second-order valence-electron chi connectivity index (χ2n) is 7.63. The molecule has 0 radical (unpaired) electrons. The summed E-state index contributed by atoms with van der Waals surface area (Å²) in [5, 5.41) is 3.09. The molecule has 1 N–H and O–H groups in total. The van der Waals surface area contributed by atoms with E-state index in [4.69, 9.17) is 4.74 Å². The standard InChI is InChI=1S/C23H30N2O2/c1-17(2)27-22-10-6-19(7-11-22)16-24-23(26)20-12-14-25(15-13-20)21-8-4-18(3)5-9-21/h4-11,17,20H,12-16H2,1-3H3,(H,24,26). The summed E-state index contributed by atoms with van der Waals surface area (Å²) in [5.74, 6) is 1.14. The third-order valence-corrected chi connectivity index (χ3v) is 5.03. The van der Waals surface area contributed by atoms with Crippen LogP contribution in [0.5, 0.6) is 5.75 Å². The van der Waals surface area contributed by atoms with Crippen LogP contribution in [-0.4, -0.2) is 25.1 Å². The number of aryl methyl sites for hydroxylation is 1. The van der Waals surface area contributed by atoms with Crippen molar-refractivity contribution >= 4 is 11.6 Å². The molecule has 0 unspecified atom stereocenters. The molecular formula is C23H30N2O2. The van der Waals surface area contributed by atoms with Gasteiger partial charge in [-0.05, 0) is 63.4 Å². The molecule has 27 heavy (non-hydrogen) atoms.